The molecule has 1 aromatic heterocycles. The van der Waals surface area contributed by atoms with Gasteiger partial charge >= 0.3 is 0 Å². The molecule has 26 heavy (non-hydrogen) atoms. The average molecular weight is 376 g/mol. The molecule has 1 atom stereocenters. The van der Waals surface area contributed by atoms with Gasteiger partial charge in [0.25, 0.3) is 5.91 Å². The number of amides is 1. The monoisotopic (exact) mass is 376 g/mol. The van der Waals surface area contributed by atoms with Crippen molar-refractivity contribution in [1.82, 2.24) is 0 Å². The first-order chi connectivity index (χ1) is 12.5. The maximum absolute atomic E-state index is 13.7. The van der Waals surface area contributed by atoms with Crippen LogP contribution in [0.4, 0.5) is 13.8 Å². The fourth-order valence-corrected chi connectivity index (χ4v) is 4.22. The summed E-state index contributed by atoms with van der Waals surface area (Å²) in [6.45, 7) is 1.47. The van der Waals surface area contributed by atoms with Crippen LogP contribution < -0.4 is 10.1 Å². The minimum absolute atomic E-state index is 0.198. The van der Waals surface area contributed by atoms with Crippen LogP contribution in [0.2, 0.25) is 0 Å². The van der Waals surface area contributed by atoms with Gasteiger partial charge in [-0.05, 0) is 50.3 Å². The number of nitrogens with one attached hydrogen (secondary N) is 1. The summed E-state index contributed by atoms with van der Waals surface area (Å²) in [6, 6.07) is 5.10. The summed E-state index contributed by atoms with van der Waals surface area (Å²) in [5.41, 5.74) is 1.55. The molecule has 0 saturated carbocycles. The Labute approximate surface area is 154 Å². The highest BCUT2D eigenvalue weighted by Gasteiger charge is 2.23. The Hall–Kier alpha value is -2.46. The Kier molecular flexibility index (Phi) is 5.52. The van der Waals surface area contributed by atoms with Crippen molar-refractivity contribution in [2.45, 2.75) is 45.1 Å². The zero-order valence-electron chi connectivity index (χ0n) is 14.3. The van der Waals surface area contributed by atoms with E-state index in [4.69, 9.17) is 4.74 Å². The smallest absolute Gasteiger partial charge is 0.265 e. The second kappa shape index (κ2) is 7.83. The van der Waals surface area contributed by atoms with Crippen molar-refractivity contribution in [3.63, 3.8) is 0 Å². The number of nitrogens with zero attached hydrogens (tertiary/aromatic N) is 1. The molecule has 0 aliphatic heterocycles. The van der Waals surface area contributed by atoms with Gasteiger partial charge in [0.05, 0.1) is 5.56 Å². The first-order valence-electron chi connectivity index (χ1n) is 8.46. The van der Waals surface area contributed by atoms with Crippen LogP contribution in [0.25, 0.3) is 0 Å². The second-order valence-electron chi connectivity index (χ2n) is 6.20. The molecule has 1 aromatic carbocycles. The summed E-state index contributed by atoms with van der Waals surface area (Å²) in [6.07, 6.45) is 4.02. The highest BCUT2D eigenvalue weighted by molar-refractivity contribution is 7.16. The molecule has 136 valence electrons. The summed E-state index contributed by atoms with van der Waals surface area (Å²) in [5.74, 6) is -2.27. The van der Waals surface area contributed by atoms with E-state index >= 15 is 0 Å². The minimum Gasteiger partial charge on any atom is -0.478 e. The Bertz CT molecular complexity index is 873. The van der Waals surface area contributed by atoms with Crippen LogP contribution in [0.5, 0.6) is 5.75 Å². The molecule has 3 rings (SSSR count). The number of nitriles is 1. The number of fused-ring (bicyclic) bond motifs is 1. The van der Waals surface area contributed by atoms with Crippen molar-refractivity contribution in [2.24, 2.45) is 0 Å². The number of carbonyl (C=O) groups is 1. The fraction of sp³-hybridized carbons (Fsp3) is 0.368. The summed E-state index contributed by atoms with van der Waals surface area (Å²) in [7, 11) is 0. The van der Waals surface area contributed by atoms with E-state index in [1.807, 2.05) is 0 Å². The van der Waals surface area contributed by atoms with E-state index in [0.717, 1.165) is 54.7 Å². The second-order valence-corrected chi connectivity index (χ2v) is 7.31. The Morgan fingerprint density at radius 1 is 1.31 bits per heavy atom. The van der Waals surface area contributed by atoms with Crippen molar-refractivity contribution in [1.29, 1.82) is 5.26 Å². The third kappa shape index (κ3) is 3.86. The molecule has 1 N–H and O–H groups in total. The molecule has 1 aliphatic carbocycles. The molecular weight excluding hydrogens is 358 g/mol. The normalized spacial score (nSPS) is 14.7. The van der Waals surface area contributed by atoms with E-state index in [1.54, 1.807) is 0 Å². The molecule has 2 aromatic rings. The van der Waals surface area contributed by atoms with E-state index in [2.05, 4.69) is 11.4 Å². The number of rotatable bonds is 4. The average Bonchev–Trinajstić information content (AvgIpc) is 2.76. The third-order valence-electron chi connectivity index (χ3n) is 4.34. The Morgan fingerprint density at radius 3 is 2.81 bits per heavy atom. The van der Waals surface area contributed by atoms with Gasteiger partial charge in [0.15, 0.2) is 17.7 Å². The number of hydrogen-bond acceptors (Lipinski definition) is 4. The molecule has 1 heterocycles. The first-order valence-corrected chi connectivity index (χ1v) is 9.28. The molecule has 1 amide bonds. The SMILES string of the molecule is C[C@@H](Oc1ccc(F)cc1F)C(=O)Nc1sc2c(c1C#N)CCCCC2. The van der Waals surface area contributed by atoms with Gasteiger partial charge in [0.1, 0.15) is 16.9 Å². The number of halogens is 2. The Balaban J connectivity index is 1.74. The van der Waals surface area contributed by atoms with E-state index in [9.17, 15) is 18.8 Å². The molecule has 4 nitrogen and oxygen atoms in total. The summed E-state index contributed by atoms with van der Waals surface area (Å²) >= 11 is 1.42. The number of ether oxygens (including phenoxy) is 1. The van der Waals surface area contributed by atoms with Gasteiger partial charge in [-0.25, -0.2) is 8.78 Å². The number of thiophene rings is 1. The van der Waals surface area contributed by atoms with Crippen molar-refractivity contribution >= 4 is 22.2 Å². The number of carbonyl (C=O) groups excluding carboxylic acids is 1. The van der Waals surface area contributed by atoms with E-state index in [-0.39, 0.29) is 5.75 Å². The van der Waals surface area contributed by atoms with Gasteiger partial charge in [-0.3, -0.25) is 4.79 Å². The van der Waals surface area contributed by atoms with Gasteiger partial charge in [0, 0.05) is 10.9 Å². The third-order valence-corrected chi connectivity index (χ3v) is 5.54. The van der Waals surface area contributed by atoms with E-state index in [0.29, 0.717) is 16.6 Å². The molecule has 0 fully saturated rings. The molecule has 7 heteroatoms. The molecule has 0 unspecified atom stereocenters. The van der Waals surface area contributed by atoms with Crippen LogP contribution in [0.3, 0.4) is 0 Å². The zero-order valence-corrected chi connectivity index (χ0v) is 15.1. The Morgan fingerprint density at radius 2 is 2.08 bits per heavy atom. The van der Waals surface area contributed by atoms with Gasteiger partial charge in [0.2, 0.25) is 0 Å². The standard InChI is InChI=1S/C19H18F2N2O2S/c1-11(25-16-8-7-12(20)9-15(16)21)18(24)23-19-14(10-22)13-5-3-2-4-6-17(13)26-19/h7-9,11H,2-6H2,1H3,(H,23,24)/t11-/m1/s1. The molecule has 0 saturated heterocycles. The summed E-state index contributed by atoms with van der Waals surface area (Å²) in [5, 5.41) is 12.7. The number of hydrogen-bond donors (Lipinski definition) is 1. The molecule has 1 aliphatic rings. The van der Waals surface area contributed by atoms with Crippen molar-refractivity contribution in [3.05, 3.63) is 45.8 Å². The first kappa shape index (κ1) is 18.3. The number of anilines is 1. The predicted octanol–water partition coefficient (Wildman–Crippen LogP) is 4.57. The molecule has 0 spiro atoms. The van der Waals surface area contributed by atoms with Crippen LogP contribution in [-0.2, 0) is 17.6 Å². The molecular formula is C19H18F2N2O2S. The lowest BCUT2D eigenvalue weighted by molar-refractivity contribution is -0.122. The van der Waals surface area contributed by atoms with Crippen LogP contribution in [0.1, 0.15) is 42.2 Å². The number of benzene rings is 1. The highest BCUT2D eigenvalue weighted by atomic mass is 32.1. The maximum atomic E-state index is 13.7. The van der Waals surface area contributed by atoms with E-state index in [1.165, 1.54) is 18.3 Å². The topological polar surface area (TPSA) is 62.1 Å². The molecule has 0 bridgehead atoms. The van der Waals surface area contributed by atoms with Crippen LogP contribution in [-0.4, -0.2) is 12.0 Å². The van der Waals surface area contributed by atoms with Crippen molar-refractivity contribution in [3.8, 4) is 11.8 Å². The van der Waals surface area contributed by atoms with Crippen LogP contribution in [0, 0.1) is 23.0 Å². The summed E-state index contributed by atoms with van der Waals surface area (Å²) in [4.78, 5) is 13.6. The van der Waals surface area contributed by atoms with Gasteiger partial charge < -0.3 is 10.1 Å². The largest absolute Gasteiger partial charge is 0.478 e. The fourth-order valence-electron chi connectivity index (χ4n) is 2.98. The minimum atomic E-state index is -0.997. The number of aryl methyl sites for hydroxylation is 1. The summed E-state index contributed by atoms with van der Waals surface area (Å²) < 4.78 is 31.9. The zero-order chi connectivity index (χ0) is 18.7. The van der Waals surface area contributed by atoms with Gasteiger partial charge in [-0.2, -0.15) is 5.26 Å². The highest BCUT2D eigenvalue weighted by Crippen LogP contribution is 2.37. The predicted molar refractivity (Wildman–Crippen MR) is 95.4 cm³/mol. The van der Waals surface area contributed by atoms with Gasteiger partial charge in [-0.15, -0.1) is 11.3 Å². The van der Waals surface area contributed by atoms with Crippen LogP contribution >= 0.6 is 11.3 Å². The van der Waals surface area contributed by atoms with Gasteiger partial charge in [-0.1, -0.05) is 6.42 Å². The van der Waals surface area contributed by atoms with E-state index < -0.39 is 23.6 Å². The lowest BCUT2D eigenvalue weighted by Gasteiger charge is -2.14. The quantitative estimate of drug-likeness (QED) is 0.795. The van der Waals surface area contributed by atoms with Crippen molar-refractivity contribution in [2.75, 3.05) is 5.32 Å². The van der Waals surface area contributed by atoms with Crippen molar-refractivity contribution < 1.29 is 18.3 Å². The maximum Gasteiger partial charge on any atom is 0.265 e. The van der Waals surface area contributed by atoms with Crippen LogP contribution in [0.15, 0.2) is 18.2 Å². The lowest BCUT2D eigenvalue weighted by Crippen LogP contribution is -2.30. The molecule has 0 radical (unpaired) electrons. The lowest BCUT2D eigenvalue weighted by atomic mass is 10.1.